The van der Waals surface area contributed by atoms with Crippen LogP contribution in [0.25, 0.3) is 0 Å². The van der Waals surface area contributed by atoms with Crippen molar-refractivity contribution in [1.82, 2.24) is 10.2 Å². The molecule has 1 atom stereocenters. The molecule has 0 aliphatic heterocycles. The topological polar surface area (TPSA) is 166 Å². The zero-order chi connectivity index (χ0) is 24.3. The van der Waals surface area contributed by atoms with E-state index in [-0.39, 0.29) is 17.8 Å². The van der Waals surface area contributed by atoms with Crippen molar-refractivity contribution in [1.29, 1.82) is 5.26 Å². The third-order valence-corrected chi connectivity index (χ3v) is 4.15. The molecule has 0 saturated heterocycles. The smallest absolute Gasteiger partial charge is 0.413 e. The zero-order valence-electron chi connectivity index (χ0n) is 19.1. The molecule has 2 amide bonds. The molecule has 174 valence electrons. The highest BCUT2D eigenvalue weighted by Gasteiger charge is 2.17. The molecule has 1 unspecified atom stereocenters. The van der Waals surface area contributed by atoms with Crippen LogP contribution in [0.15, 0.2) is 22.1 Å². The molecule has 12 heteroatoms. The summed E-state index contributed by atoms with van der Waals surface area (Å²) in [5, 5.41) is 16.9. The van der Waals surface area contributed by atoms with Gasteiger partial charge in [0, 0.05) is 20.0 Å². The number of nitriles is 1. The fourth-order valence-corrected chi connectivity index (χ4v) is 2.42. The number of carbonyl (C=O) groups excluding carboxylic acids is 2. The molecule has 0 fully saturated rings. The minimum Gasteiger partial charge on any atom is -0.493 e. The highest BCUT2D eigenvalue weighted by molar-refractivity contribution is 6.05. The van der Waals surface area contributed by atoms with Crippen LogP contribution in [0.2, 0.25) is 0 Å². The molecule has 1 aromatic rings. The van der Waals surface area contributed by atoms with E-state index in [1.165, 1.54) is 18.9 Å². The molecule has 0 aliphatic rings. The highest BCUT2D eigenvalue weighted by atomic mass is 16.5. The van der Waals surface area contributed by atoms with E-state index in [4.69, 9.17) is 15.7 Å². The average molecular weight is 447 g/mol. The average Bonchev–Trinajstić information content (AvgIpc) is 2.73. The van der Waals surface area contributed by atoms with Gasteiger partial charge in [0.05, 0.1) is 25.1 Å². The van der Waals surface area contributed by atoms with Crippen LogP contribution >= 0.6 is 0 Å². The zero-order valence-corrected chi connectivity index (χ0v) is 19.1. The fourth-order valence-electron chi connectivity index (χ4n) is 2.42. The quantitative estimate of drug-likeness (QED) is 0.280. The lowest BCUT2D eigenvalue weighted by Gasteiger charge is -2.23. The Bertz CT molecular complexity index is 923. The number of hydrogen-bond acceptors (Lipinski definition) is 7. The second-order valence-electron chi connectivity index (χ2n) is 6.72. The molecule has 0 bridgehead atoms. The monoisotopic (exact) mass is 446 g/mol. The van der Waals surface area contributed by atoms with Crippen molar-refractivity contribution in [3.05, 3.63) is 17.7 Å². The number of aryl methyl sites for hydroxylation is 1. The van der Waals surface area contributed by atoms with Gasteiger partial charge in [-0.05, 0) is 31.9 Å². The van der Waals surface area contributed by atoms with Crippen molar-refractivity contribution in [2.45, 2.75) is 40.3 Å². The van der Waals surface area contributed by atoms with Gasteiger partial charge in [0.1, 0.15) is 11.9 Å². The van der Waals surface area contributed by atoms with Gasteiger partial charge < -0.3 is 30.7 Å². The van der Waals surface area contributed by atoms with Gasteiger partial charge in [-0.2, -0.15) is 5.26 Å². The number of nitrogens with two attached hydrogens (primary N) is 1. The lowest BCUT2D eigenvalue weighted by Crippen LogP contribution is -2.43. The normalized spacial score (nSPS) is 12.3. The van der Waals surface area contributed by atoms with Gasteiger partial charge in [-0.25, -0.2) is 9.79 Å². The summed E-state index contributed by atoms with van der Waals surface area (Å²) in [6, 6.07) is 3.45. The number of benzene rings is 1. The maximum atomic E-state index is 11.9. The molecule has 0 aromatic heterocycles. The summed E-state index contributed by atoms with van der Waals surface area (Å²) in [7, 11) is 2.80. The first-order valence-electron chi connectivity index (χ1n) is 9.82. The fraction of sp³-hybridized carbons (Fsp3) is 0.450. The first-order chi connectivity index (χ1) is 15.1. The molecule has 32 heavy (non-hydrogen) atoms. The van der Waals surface area contributed by atoms with Gasteiger partial charge in [-0.1, -0.05) is 6.92 Å². The van der Waals surface area contributed by atoms with Crippen molar-refractivity contribution in [3.63, 3.8) is 0 Å². The number of hydrogen-bond donors (Lipinski definition) is 4. The Kier molecular flexibility index (Phi) is 10.3. The van der Waals surface area contributed by atoms with E-state index in [0.29, 0.717) is 23.7 Å². The van der Waals surface area contributed by atoms with E-state index in [2.05, 4.69) is 30.7 Å². The van der Waals surface area contributed by atoms with Crippen LogP contribution in [0.3, 0.4) is 0 Å². The van der Waals surface area contributed by atoms with Crippen LogP contribution in [0.1, 0.15) is 32.8 Å². The number of anilines is 2. The first-order valence-corrected chi connectivity index (χ1v) is 9.82. The molecule has 0 saturated carbocycles. The number of nitrogens with zero attached hydrogens (tertiary/aromatic N) is 4. The van der Waals surface area contributed by atoms with E-state index in [1.807, 2.05) is 13.8 Å². The van der Waals surface area contributed by atoms with Crippen molar-refractivity contribution >= 4 is 35.3 Å². The number of nitrogens with one attached hydrogen (secondary N) is 3. The minimum absolute atomic E-state index is 0.0119. The number of ether oxygens (including phenoxy) is 2. The minimum atomic E-state index is -0.764. The largest absolute Gasteiger partial charge is 0.493 e. The predicted octanol–water partition coefficient (Wildman–Crippen LogP) is 1.94. The third kappa shape index (κ3) is 8.02. The Labute approximate surface area is 187 Å². The lowest BCUT2D eigenvalue weighted by molar-refractivity contribution is -0.114. The van der Waals surface area contributed by atoms with E-state index >= 15 is 0 Å². The van der Waals surface area contributed by atoms with Gasteiger partial charge in [-0.15, -0.1) is 4.99 Å². The molecule has 5 N–H and O–H groups in total. The summed E-state index contributed by atoms with van der Waals surface area (Å²) in [5.41, 5.74) is 7.45. The molecule has 0 spiro atoms. The summed E-state index contributed by atoms with van der Waals surface area (Å²) in [5.74, 6) is 0.294. The Morgan fingerprint density at radius 3 is 2.53 bits per heavy atom. The number of guanidine groups is 2. The van der Waals surface area contributed by atoms with Crippen LogP contribution in [-0.2, 0) is 9.53 Å². The van der Waals surface area contributed by atoms with Crippen molar-refractivity contribution < 1.29 is 19.1 Å². The number of rotatable bonds is 7. The van der Waals surface area contributed by atoms with Crippen LogP contribution in [0.5, 0.6) is 5.75 Å². The second-order valence-corrected chi connectivity index (χ2v) is 6.72. The van der Waals surface area contributed by atoms with Crippen LogP contribution in [0.4, 0.5) is 16.2 Å². The van der Waals surface area contributed by atoms with Crippen molar-refractivity contribution in [3.8, 4) is 11.9 Å². The SMILES string of the molecule is CCCOc1cc(NC(=NC(C)N(C)C(N)=NC#N)NC(=O)OC)c(NC(C)=O)cc1C. The first kappa shape index (κ1) is 26.0. The molecule has 0 heterocycles. The number of methoxy groups -OCH3 is 1. The van der Waals surface area contributed by atoms with E-state index in [0.717, 1.165) is 12.0 Å². The molecule has 0 aliphatic carbocycles. The molecular formula is C20H30N8O4. The Hall–Kier alpha value is -4.01. The van der Waals surface area contributed by atoms with E-state index < -0.39 is 12.3 Å². The number of aliphatic imine (C=N–C) groups is 2. The van der Waals surface area contributed by atoms with Crippen molar-refractivity contribution in [2.24, 2.45) is 15.7 Å². The summed E-state index contributed by atoms with van der Waals surface area (Å²) in [6.45, 7) is 7.43. The highest BCUT2D eigenvalue weighted by Crippen LogP contribution is 2.31. The van der Waals surface area contributed by atoms with Crippen LogP contribution in [0, 0.1) is 18.4 Å². The molecule has 12 nitrogen and oxygen atoms in total. The lowest BCUT2D eigenvalue weighted by atomic mass is 10.1. The van der Waals surface area contributed by atoms with Gasteiger partial charge in [-0.3, -0.25) is 10.1 Å². The van der Waals surface area contributed by atoms with E-state index in [1.54, 1.807) is 32.3 Å². The third-order valence-electron chi connectivity index (χ3n) is 4.15. The summed E-state index contributed by atoms with van der Waals surface area (Å²) < 4.78 is 10.4. The number of carbonyl (C=O) groups is 2. The number of alkyl carbamates (subject to hydrolysis) is 1. The van der Waals surface area contributed by atoms with Gasteiger partial charge >= 0.3 is 6.09 Å². The van der Waals surface area contributed by atoms with Crippen LogP contribution < -0.4 is 26.4 Å². The van der Waals surface area contributed by atoms with Crippen molar-refractivity contribution in [2.75, 3.05) is 31.4 Å². The standard InChI is InChI=1S/C20H30N8O4/c1-7-8-32-17-10-16(15(9-12(17)2)25-14(4)29)26-19(27-20(30)31-6)24-13(3)28(5)18(22)23-11-21/h9-10,13H,7-8H2,1-6H3,(H2,22,23)(H,25,29)(H2,24,26,27,30). The summed E-state index contributed by atoms with van der Waals surface area (Å²) in [6.07, 6.45) is 1.04. The molecule has 1 aromatic carbocycles. The van der Waals surface area contributed by atoms with Gasteiger partial charge in [0.15, 0.2) is 0 Å². The Morgan fingerprint density at radius 1 is 1.31 bits per heavy atom. The number of amides is 2. The second kappa shape index (κ2) is 12.6. The van der Waals surface area contributed by atoms with Gasteiger partial charge in [0.25, 0.3) is 0 Å². The summed E-state index contributed by atoms with van der Waals surface area (Å²) >= 11 is 0. The summed E-state index contributed by atoms with van der Waals surface area (Å²) in [4.78, 5) is 32.9. The Balaban J connectivity index is 3.40. The Morgan fingerprint density at radius 2 is 1.97 bits per heavy atom. The van der Waals surface area contributed by atoms with Crippen LogP contribution in [-0.4, -0.2) is 55.7 Å². The molecular weight excluding hydrogens is 416 g/mol. The molecule has 1 rings (SSSR count). The molecule has 0 radical (unpaired) electrons. The van der Waals surface area contributed by atoms with Gasteiger partial charge in [0.2, 0.25) is 24.0 Å². The maximum absolute atomic E-state index is 11.9. The maximum Gasteiger partial charge on any atom is 0.413 e. The predicted molar refractivity (Wildman–Crippen MR) is 122 cm³/mol. The van der Waals surface area contributed by atoms with E-state index in [9.17, 15) is 9.59 Å².